The largest absolute Gasteiger partial charge is 0.310 e. The Morgan fingerprint density at radius 1 is 1.14 bits per heavy atom. The van der Waals surface area contributed by atoms with Crippen LogP contribution < -0.4 is 20.3 Å². The number of nitrogens with zero attached hydrogens (tertiary/aromatic N) is 1. The molecular formula is C17H22ClN5O8S5. The van der Waals surface area contributed by atoms with E-state index >= 15 is 0 Å². The molecule has 0 amide bonds. The third kappa shape index (κ3) is 5.76. The molecule has 1 aromatic carbocycles. The second-order valence-electron chi connectivity index (χ2n) is 7.73. The van der Waals surface area contributed by atoms with Crippen LogP contribution in [-0.2, 0) is 39.9 Å². The predicted molar refractivity (Wildman–Crippen MR) is 135 cm³/mol. The summed E-state index contributed by atoms with van der Waals surface area (Å²) < 4.78 is 94.8. The molecule has 2 atom stereocenters. The van der Waals surface area contributed by atoms with Crippen LogP contribution in [-0.4, -0.2) is 51.8 Å². The number of rotatable bonds is 4. The van der Waals surface area contributed by atoms with Crippen molar-refractivity contribution in [2.24, 2.45) is 15.3 Å². The SMILES string of the molecule is CCN[C@H]1C[C@H](C)S(=O)(=O)c2sc(S(N)(=O)=O)cc21.NS(=O)(=O)c1cc2c(cc1Cl)N=CNS2(=O)=O. The van der Waals surface area contributed by atoms with Crippen LogP contribution in [0.4, 0.5) is 5.69 Å². The molecule has 2 aliphatic heterocycles. The number of hydrogen-bond donors (Lipinski definition) is 4. The van der Waals surface area contributed by atoms with Gasteiger partial charge in [0.25, 0.3) is 10.0 Å². The first kappa shape index (κ1) is 28.9. The Morgan fingerprint density at radius 2 is 1.78 bits per heavy atom. The van der Waals surface area contributed by atoms with E-state index in [-0.39, 0.29) is 30.1 Å². The fourth-order valence-electron chi connectivity index (χ4n) is 3.47. The first-order chi connectivity index (χ1) is 16.4. The second kappa shape index (κ2) is 9.91. The van der Waals surface area contributed by atoms with Gasteiger partial charge in [-0.2, -0.15) is 0 Å². The second-order valence-corrected chi connectivity index (χ2v) is 16.8. The van der Waals surface area contributed by atoms with Crippen molar-refractivity contribution in [3.05, 3.63) is 28.8 Å². The van der Waals surface area contributed by atoms with Crippen molar-refractivity contribution in [2.45, 2.75) is 49.8 Å². The van der Waals surface area contributed by atoms with Gasteiger partial charge in [0.2, 0.25) is 20.0 Å². The number of fused-ring (bicyclic) bond motifs is 2. The lowest BCUT2D eigenvalue weighted by Crippen LogP contribution is -2.33. The van der Waals surface area contributed by atoms with Crippen molar-refractivity contribution in [2.75, 3.05) is 6.54 Å². The molecular weight excluding hydrogens is 598 g/mol. The minimum atomic E-state index is -4.09. The molecule has 0 saturated heterocycles. The molecule has 2 aliphatic rings. The molecule has 0 spiro atoms. The van der Waals surface area contributed by atoms with Crippen LogP contribution in [0.2, 0.25) is 5.02 Å². The molecule has 1 aromatic heterocycles. The smallest absolute Gasteiger partial charge is 0.264 e. The lowest BCUT2D eigenvalue weighted by Gasteiger charge is -2.27. The van der Waals surface area contributed by atoms with E-state index in [0.29, 0.717) is 18.5 Å². The molecule has 0 saturated carbocycles. The number of halogens is 1. The number of hydrogen-bond acceptors (Lipinski definition) is 11. The predicted octanol–water partition coefficient (Wildman–Crippen LogP) is 0.551. The van der Waals surface area contributed by atoms with Crippen LogP contribution in [0.1, 0.15) is 31.9 Å². The highest BCUT2D eigenvalue weighted by molar-refractivity contribution is 7.95. The molecule has 4 rings (SSSR count). The molecule has 0 unspecified atom stereocenters. The van der Waals surface area contributed by atoms with Gasteiger partial charge in [-0.15, -0.1) is 11.3 Å². The van der Waals surface area contributed by atoms with E-state index in [1.165, 1.54) is 6.07 Å². The first-order valence-electron chi connectivity index (χ1n) is 9.94. The van der Waals surface area contributed by atoms with Crippen LogP contribution in [0.15, 0.2) is 41.4 Å². The molecule has 36 heavy (non-hydrogen) atoms. The number of thiophene rings is 1. The van der Waals surface area contributed by atoms with Gasteiger partial charge in [0.05, 0.1) is 16.0 Å². The fourth-order valence-corrected chi connectivity index (χ4v) is 10.0. The molecule has 0 bridgehead atoms. The normalized spacial score (nSPS) is 21.9. The lowest BCUT2D eigenvalue weighted by atomic mass is 10.1. The Morgan fingerprint density at radius 3 is 2.33 bits per heavy atom. The summed E-state index contributed by atoms with van der Waals surface area (Å²) in [6.07, 6.45) is 1.41. The summed E-state index contributed by atoms with van der Waals surface area (Å²) in [5, 5.41) is 12.5. The van der Waals surface area contributed by atoms with Gasteiger partial charge in [-0.3, -0.25) is 4.72 Å². The maximum absolute atomic E-state index is 12.2. The van der Waals surface area contributed by atoms with Crippen molar-refractivity contribution in [1.29, 1.82) is 0 Å². The third-order valence-corrected chi connectivity index (χ3v) is 13.2. The molecule has 0 radical (unpaired) electrons. The molecule has 6 N–H and O–H groups in total. The van der Waals surface area contributed by atoms with Crippen LogP contribution in [0.3, 0.4) is 0 Å². The van der Waals surface area contributed by atoms with Gasteiger partial charge in [-0.25, -0.2) is 48.9 Å². The average Bonchev–Trinajstić information content (AvgIpc) is 3.19. The minimum Gasteiger partial charge on any atom is -0.310 e. The van der Waals surface area contributed by atoms with Gasteiger partial charge in [0.15, 0.2) is 9.84 Å². The van der Waals surface area contributed by atoms with Gasteiger partial charge in [0, 0.05) is 11.6 Å². The number of aliphatic imine (C=N–C) groups is 1. The van der Waals surface area contributed by atoms with Crippen molar-refractivity contribution in [3.63, 3.8) is 0 Å². The first-order valence-corrected chi connectivity index (χ1v) is 17.3. The van der Waals surface area contributed by atoms with Gasteiger partial charge in [-0.1, -0.05) is 18.5 Å². The zero-order valence-corrected chi connectivity index (χ0v) is 23.5. The van der Waals surface area contributed by atoms with Crippen molar-refractivity contribution in [3.8, 4) is 0 Å². The number of nitrogens with one attached hydrogen (secondary N) is 2. The molecule has 19 heteroatoms. The van der Waals surface area contributed by atoms with E-state index in [4.69, 9.17) is 21.9 Å². The van der Waals surface area contributed by atoms with E-state index in [0.717, 1.165) is 29.8 Å². The number of nitrogens with two attached hydrogens (primary N) is 2. The van der Waals surface area contributed by atoms with E-state index in [9.17, 15) is 33.7 Å². The molecule has 200 valence electrons. The Bertz CT molecular complexity index is 1670. The summed E-state index contributed by atoms with van der Waals surface area (Å²) in [5.74, 6) is 0. The number of sulfonamides is 3. The molecule has 3 heterocycles. The lowest BCUT2D eigenvalue weighted by molar-refractivity contribution is 0.477. The van der Waals surface area contributed by atoms with E-state index in [2.05, 4.69) is 10.3 Å². The van der Waals surface area contributed by atoms with Crippen molar-refractivity contribution < 1.29 is 33.7 Å². The summed E-state index contributed by atoms with van der Waals surface area (Å²) in [5.41, 5.74) is 0.579. The molecule has 13 nitrogen and oxygen atoms in total. The summed E-state index contributed by atoms with van der Waals surface area (Å²) in [4.78, 5) is 3.00. The summed E-state index contributed by atoms with van der Waals surface area (Å²) in [7, 11) is -15.2. The van der Waals surface area contributed by atoms with Gasteiger partial charge >= 0.3 is 0 Å². The summed E-state index contributed by atoms with van der Waals surface area (Å²) in [6.45, 7) is 4.23. The van der Waals surface area contributed by atoms with Crippen LogP contribution in [0.5, 0.6) is 0 Å². The Labute approximate surface area is 218 Å². The van der Waals surface area contributed by atoms with Gasteiger partial charge < -0.3 is 5.32 Å². The van der Waals surface area contributed by atoms with E-state index in [1.807, 2.05) is 11.6 Å². The van der Waals surface area contributed by atoms with Crippen LogP contribution >= 0.6 is 22.9 Å². The number of benzene rings is 1. The zero-order chi connectivity index (χ0) is 27.3. The van der Waals surface area contributed by atoms with Crippen LogP contribution in [0.25, 0.3) is 0 Å². The monoisotopic (exact) mass is 619 g/mol. The fraction of sp³-hybridized carbons (Fsp3) is 0.353. The number of primary sulfonamides is 2. The van der Waals surface area contributed by atoms with Crippen molar-refractivity contribution >= 4 is 74.9 Å². The highest BCUT2D eigenvalue weighted by Crippen LogP contribution is 2.42. The zero-order valence-electron chi connectivity index (χ0n) is 18.7. The third-order valence-electron chi connectivity index (χ3n) is 5.19. The topological polar surface area (TPSA) is 225 Å². The highest BCUT2D eigenvalue weighted by Gasteiger charge is 2.39. The van der Waals surface area contributed by atoms with Crippen molar-refractivity contribution in [1.82, 2.24) is 10.0 Å². The van der Waals surface area contributed by atoms with Gasteiger partial charge in [-0.05, 0) is 38.1 Å². The summed E-state index contributed by atoms with van der Waals surface area (Å²) in [6, 6.07) is 3.24. The molecule has 0 aliphatic carbocycles. The Hall–Kier alpha value is -1.64. The Balaban J connectivity index is 0.000000202. The maximum Gasteiger partial charge on any atom is 0.264 e. The maximum atomic E-state index is 12.2. The average molecular weight is 620 g/mol. The summed E-state index contributed by atoms with van der Waals surface area (Å²) >= 11 is 6.43. The molecule has 0 fully saturated rings. The highest BCUT2D eigenvalue weighted by atomic mass is 35.5. The Kier molecular flexibility index (Phi) is 7.97. The van der Waals surface area contributed by atoms with Crippen LogP contribution in [0, 0.1) is 0 Å². The van der Waals surface area contributed by atoms with E-state index in [1.54, 1.807) is 6.92 Å². The number of sulfone groups is 1. The molecule has 2 aromatic rings. The quantitative estimate of drug-likeness (QED) is 0.374. The standard InChI is InChI=1S/C10H16N2O4S3.C7H6ClN3O4S2/c1-3-12-8-4-6(2)18(13,14)10-7(8)5-9(17-10)19(11,15)16;8-4-1-5-7(2-6(4)16(9,12)13)17(14,15)11-3-10-5/h5-6,8,12H,3-4H2,1-2H3,(H2,11,15,16);1-3H,(H,10,11)(H2,9,12,13)/t6-,8-;/m0./s1. The minimum absolute atomic E-state index is 0.0566. The van der Waals surface area contributed by atoms with E-state index < -0.39 is 50.1 Å². The van der Waals surface area contributed by atoms with Gasteiger partial charge in [0.1, 0.15) is 24.5 Å².